The summed E-state index contributed by atoms with van der Waals surface area (Å²) >= 11 is 0. The van der Waals surface area contributed by atoms with Gasteiger partial charge < -0.3 is 10.3 Å². The number of benzene rings is 1. The fourth-order valence-electron chi connectivity index (χ4n) is 1.55. The highest BCUT2D eigenvalue weighted by atomic mass is 16.5. The quantitative estimate of drug-likeness (QED) is 0.853. The standard InChI is InChI=1S/C12H15N3O/c1-3-10-14-12(15-16-10)11(13)9-6-4-5-8(2)7-9/h4-7,11H,3,13H2,1-2H3. The lowest BCUT2D eigenvalue weighted by Gasteiger charge is -2.07. The lowest BCUT2D eigenvalue weighted by Crippen LogP contribution is -2.13. The molecule has 4 heteroatoms. The Balaban J connectivity index is 2.27. The van der Waals surface area contributed by atoms with Crippen molar-refractivity contribution in [3.8, 4) is 0 Å². The molecule has 0 saturated heterocycles. The predicted octanol–water partition coefficient (Wildman–Crippen LogP) is 1.99. The number of rotatable bonds is 3. The highest BCUT2D eigenvalue weighted by Gasteiger charge is 2.15. The summed E-state index contributed by atoms with van der Waals surface area (Å²) in [5, 5.41) is 3.88. The van der Waals surface area contributed by atoms with Crippen molar-refractivity contribution in [3.05, 3.63) is 47.1 Å². The Labute approximate surface area is 94.5 Å². The molecule has 2 aromatic rings. The first-order chi connectivity index (χ1) is 7.70. The average Bonchev–Trinajstić information content (AvgIpc) is 2.76. The zero-order valence-corrected chi connectivity index (χ0v) is 9.47. The molecule has 2 N–H and O–H groups in total. The van der Waals surface area contributed by atoms with E-state index in [4.69, 9.17) is 10.3 Å². The summed E-state index contributed by atoms with van der Waals surface area (Å²) in [5.74, 6) is 1.17. The van der Waals surface area contributed by atoms with E-state index < -0.39 is 0 Å². The molecule has 0 aliphatic heterocycles. The van der Waals surface area contributed by atoms with Crippen LogP contribution in [-0.2, 0) is 6.42 Å². The SMILES string of the molecule is CCc1nc(C(N)c2cccc(C)c2)no1. The molecule has 0 bridgehead atoms. The number of hydrogen-bond acceptors (Lipinski definition) is 4. The van der Waals surface area contributed by atoms with Crippen molar-refractivity contribution in [1.82, 2.24) is 10.1 Å². The molecule has 0 radical (unpaired) electrons. The molecule has 0 saturated carbocycles. The molecule has 16 heavy (non-hydrogen) atoms. The number of aromatic nitrogens is 2. The van der Waals surface area contributed by atoms with Crippen LogP contribution in [0.4, 0.5) is 0 Å². The molecule has 0 aliphatic rings. The second-order valence-electron chi connectivity index (χ2n) is 3.79. The van der Waals surface area contributed by atoms with E-state index in [1.54, 1.807) is 0 Å². The lowest BCUT2D eigenvalue weighted by molar-refractivity contribution is 0.375. The average molecular weight is 217 g/mol. The van der Waals surface area contributed by atoms with Gasteiger partial charge in [0.2, 0.25) is 5.89 Å². The molecular formula is C12H15N3O. The molecule has 0 fully saturated rings. The Hall–Kier alpha value is -1.68. The first-order valence-electron chi connectivity index (χ1n) is 5.35. The van der Waals surface area contributed by atoms with Crippen LogP contribution in [0.1, 0.15) is 35.8 Å². The van der Waals surface area contributed by atoms with Gasteiger partial charge in [0.05, 0.1) is 6.04 Å². The van der Waals surface area contributed by atoms with Gasteiger partial charge in [-0.25, -0.2) is 0 Å². The summed E-state index contributed by atoms with van der Waals surface area (Å²) < 4.78 is 5.05. The monoisotopic (exact) mass is 217 g/mol. The second-order valence-corrected chi connectivity index (χ2v) is 3.79. The van der Waals surface area contributed by atoms with Crippen molar-refractivity contribution >= 4 is 0 Å². The largest absolute Gasteiger partial charge is 0.339 e. The van der Waals surface area contributed by atoms with E-state index in [-0.39, 0.29) is 6.04 Å². The van der Waals surface area contributed by atoms with Gasteiger partial charge in [-0.1, -0.05) is 41.9 Å². The van der Waals surface area contributed by atoms with Crippen LogP contribution in [0.5, 0.6) is 0 Å². The third-order valence-electron chi connectivity index (χ3n) is 2.47. The first kappa shape index (κ1) is 10.8. The van der Waals surface area contributed by atoms with E-state index in [0.717, 1.165) is 12.0 Å². The summed E-state index contributed by atoms with van der Waals surface area (Å²) in [5.41, 5.74) is 8.24. The lowest BCUT2D eigenvalue weighted by atomic mass is 10.1. The van der Waals surface area contributed by atoms with Crippen LogP contribution in [-0.4, -0.2) is 10.1 Å². The van der Waals surface area contributed by atoms with E-state index in [9.17, 15) is 0 Å². The van der Waals surface area contributed by atoms with E-state index in [0.29, 0.717) is 11.7 Å². The molecule has 1 atom stereocenters. The summed E-state index contributed by atoms with van der Waals surface area (Å²) in [7, 11) is 0. The Morgan fingerprint density at radius 2 is 2.25 bits per heavy atom. The second kappa shape index (κ2) is 4.45. The summed E-state index contributed by atoms with van der Waals surface area (Å²) in [6, 6.07) is 7.70. The minimum absolute atomic E-state index is 0.316. The summed E-state index contributed by atoms with van der Waals surface area (Å²) in [6.45, 7) is 4.00. The maximum Gasteiger partial charge on any atom is 0.226 e. The predicted molar refractivity (Wildman–Crippen MR) is 60.9 cm³/mol. The fraction of sp³-hybridized carbons (Fsp3) is 0.333. The Morgan fingerprint density at radius 1 is 1.44 bits per heavy atom. The van der Waals surface area contributed by atoms with Crippen molar-refractivity contribution in [2.75, 3.05) is 0 Å². The Kier molecular flexibility index (Phi) is 3.01. The normalized spacial score (nSPS) is 12.7. The molecule has 1 aromatic carbocycles. The van der Waals surface area contributed by atoms with Crippen molar-refractivity contribution in [2.45, 2.75) is 26.3 Å². The van der Waals surface area contributed by atoms with Gasteiger partial charge in [-0.05, 0) is 12.5 Å². The van der Waals surface area contributed by atoms with Gasteiger partial charge in [-0.15, -0.1) is 0 Å². The first-order valence-corrected chi connectivity index (χ1v) is 5.35. The Bertz CT molecular complexity index is 479. The summed E-state index contributed by atoms with van der Waals surface area (Å²) in [6.07, 6.45) is 0.730. The maximum absolute atomic E-state index is 6.07. The van der Waals surface area contributed by atoms with E-state index in [2.05, 4.69) is 10.1 Å². The van der Waals surface area contributed by atoms with Crippen molar-refractivity contribution < 1.29 is 4.52 Å². The van der Waals surface area contributed by atoms with Crippen molar-refractivity contribution in [3.63, 3.8) is 0 Å². The third-order valence-corrected chi connectivity index (χ3v) is 2.47. The molecule has 1 aromatic heterocycles. The number of aryl methyl sites for hydroxylation is 2. The van der Waals surface area contributed by atoms with E-state index in [1.807, 2.05) is 38.1 Å². The molecule has 1 heterocycles. The number of nitrogens with zero attached hydrogens (tertiary/aromatic N) is 2. The number of hydrogen-bond donors (Lipinski definition) is 1. The molecular weight excluding hydrogens is 202 g/mol. The smallest absolute Gasteiger partial charge is 0.226 e. The van der Waals surface area contributed by atoms with E-state index in [1.165, 1.54) is 5.56 Å². The van der Waals surface area contributed by atoms with Crippen molar-refractivity contribution in [2.24, 2.45) is 5.73 Å². The van der Waals surface area contributed by atoms with Gasteiger partial charge in [0, 0.05) is 6.42 Å². The summed E-state index contributed by atoms with van der Waals surface area (Å²) in [4.78, 5) is 4.23. The van der Waals surface area contributed by atoms with Crippen LogP contribution in [0, 0.1) is 6.92 Å². The molecule has 0 amide bonds. The zero-order chi connectivity index (χ0) is 11.5. The van der Waals surface area contributed by atoms with Gasteiger partial charge in [0.1, 0.15) is 0 Å². The minimum Gasteiger partial charge on any atom is -0.339 e. The van der Waals surface area contributed by atoms with Gasteiger partial charge in [0.25, 0.3) is 0 Å². The van der Waals surface area contributed by atoms with Gasteiger partial charge in [-0.2, -0.15) is 4.98 Å². The Morgan fingerprint density at radius 3 is 2.88 bits per heavy atom. The van der Waals surface area contributed by atoms with E-state index >= 15 is 0 Å². The van der Waals surface area contributed by atoms with Crippen LogP contribution < -0.4 is 5.73 Å². The maximum atomic E-state index is 6.07. The van der Waals surface area contributed by atoms with Gasteiger partial charge >= 0.3 is 0 Å². The van der Waals surface area contributed by atoms with Crippen LogP contribution in [0.3, 0.4) is 0 Å². The van der Waals surface area contributed by atoms with Crippen LogP contribution >= 0.6 is 0 Å². The molecule has 1 unspecified atom stereocenters. The highest BCUT2D eigenvalue weighted by molar-refractivity contribution is 5.28. The van der Waals surface area contributed by atoms with Gasteiger partial charge in [-0.3, -0.25) is 0 Å². The minimum atomic E-state index is -0.316. The fourth-order valence-corrected chi connectivity index (χ4v) is 1.55. The topological polar surface area (TPSA) is 64.9 Å². The van der Waals surface area contributed by atoms with Crippen LogP contribution in [0.25, 0.3) is 0 Å². The third kappa shape index (κ3) is 2.12. The molecule has 0 aliphatic carbocycles. The molecule has 4 nitrogen and oxygen atoms in total. The zero-order valence-electron chi connectivity index (χ0n) is 9.47. The number of nitrogens with two attached hydrogens (primary N) is 1. The van der Waals surface area contributed by atoms with Crippen molar-refractivity contribution in [1.29, 1.82) is 0 Å². The van der Waals surface area contributed by atoms with Gasteiger partial charge in [0.15, 0.2) is 5.82 Å². The molecule has 84 valence electrons. The molecule has 0 spiro atoms. The van der Waals surface area contributed by atoms with Crippen LogP contribution in [0.15, 0.2) is 28.8 Å². The molecule has 2 rings (SSSR count). The van der Waals surface area contributed by atoms with Crippen LogP contribution in [0.2, 0.25) is 0 Å². The highest BCUT2D eigenvalue weighted by Crippen LogP contribution is 2.17.